The van der Waals surface area contributed by atoms with E-state index in [1.165, 1.54) is 5.56 Å². The molecule has 3 rings (SSSR count). The van der Waals surface area contributed by atoms with Gasteiger partial charge in [0, 0.05) is 13.0 Å². The monoisotopic (exact) mass is 301 g/mol. The van der Waals surface area contributed by atoms with Crippen molar-refractivity contribution in [3.63, 3.8) is 0 Å². The minimum Gasteiger partial charge on any atom is -0.393 e. The number of aliphatic hydroxyl groups excluding tert-OH is 1. The third kappa shape index (κ3) is 3.93. The molecule has 2 unspecified atom stereocenters. The van der Waals surface area contributed by atoms with E-state index >= 15 is 0 Å². The minimum atomic E-state index is -0.242. The van der Waals surface area contributed by atoms with E-state index in [1.54, 1.807) is 0 Å². The second-order valence-electron chi connectivity index (χ2n) is 6.11. The van der Waals surface area contributed by atoms with E-state index in [0.29, 0.717) is 18.4 Å². The predicted molar refractivity (Wildman–Crippen MR) is 83.2 cm³/mol. The lowest BCUT2D eigenvalue weighted by Crippen LogP contribution is -2.24. The Balaban J connectivity index is 1.49. The Hall–Kier alpha value is -1.72. The van der Waals surface area contributed by atoms with Crippen molar-refractivity contribution in [2.24, 2.45) is 5.92 Å². The van der Waals surface area contributed by atoms with Crippen molar-refractivity contribution in [3.05, 3.63) is 47.6 Å². The average molecular weight is 301 g/mol. The summed E-state index contributed by atoms with van der Waals surface area (Å²) in [7, 11) is 0. The van der Waals surface area contributed by atoms with E-state index in [4.69, 9.17) is 4.52 Å². The molecule has 0 amide bonds. The van der Waals surface area contributed by atoms with Crippen LogP contribution < -0.4 is 0 Å². The molecule has 5 heteroatoms. The first kappa shape index (κ1) is 15.2. The largest absolute Gasteiger partial charge is 0.393 e. The van der Waals surface area contributed by atoms with E-state index in [-0.39, 0.29) is 6.10 Å². The van der Waals surface area contributed by atoms with Gasteiger partial charge in [-0.1, -0.05) is 35.5 Å². The molecule has 5 nitrogen and oxygen atoms in total. The molecule has 1 N–H and O–H groups in total. The Kier molecular flexibility index (Phi) is 4.85. The lowest BCUT2D eigenvalue weighted by molar-refractivity contribution is 0.125. The standard InChI is InChI=1S/C17H23N3O2/c1-13(21)15-9-10-20(11-15)12-17-18-16(19-22-17)8-7-14-5-3-2-4-6-14/h2-6,13,15,21H,7-12H2,1H3. The Morgan fingerprint density at radius 2 is 2.14 bits per heavy atom. The third-order valence-electron chi connectivity index (χ3n) is 4.34. The zero-order chi connectivity index (χ0) is 15.4. The minimum absolute atomic E-state index is 0.242. The van der Waals surface area contributed by atoms with E-state index in [0.717, 1.165) is 38.2 Å². The average Bonchev–Trinajstić information content (AvgIpc) is 3.16. The number of aryl methyl sites for hydroxylation is 2. The number of aromatic nitrogens is 2. The van der Waals surface area contributed by atoms with Gasteiger partial charge >= 0.3 is 0 Å². The maximum absolute atomic E-state index is 9.64. The maximum Gasteiger partial charge on any atom is 0.240 e. The number of hydrogen-bond donors (Lipinski definition) is 1. The molecule has 118 valence electrons. The van der Waals surface area contributed by atoms with Gasteiger partial charge in [0.2, 0.25) is 5.89 Å². The molecule has 22 heavy (non-hydrogen) atoms. The lowest BCUT2D eigenvalue weighted by Gasteiger charge is -2.15. The summed E-state index contributed by atoms with van der Waals surface area (Å²) in [6.07, 6.45) is 2.51. The summed E-state index contributed by atoms with van der Waals surface area (Å²) in [5.74, 6) is 1.81. The van der Waals surface area contributed by atoms with Crippen molar-refractivity contribution in [1.82, 2.24) is 15.0 Å². The van der Waals surface area contributed by atoms with Gasteiger partial charge in [-0.3, -0.25) is 4.90 Å². The van der Waals surface area contributed by atoms with Gasteiger partial charge in [0.15, 0.2) is 5.82 Å². The van der Waals surface area contributed by atoms with E-state index in [9.17, 15) is 5.11 Å². The maximum atomic E-state index is 9.64. The van der Waals surface area contributed by atoms with Gasteiger partial charge in [0.1, 0.15) is 0 Å². The summed E-state index contributed by atoms with van der Waals surface area (Å²) >= 11 is 0. The Labute approximate surface area is 131 Å². The molecule has 2 atom stereocenters. The molecular formula is C17H23N3O2. The quantitative estimate of drug-likeness (QED) is 0.885. The van der Waals surface area contributed by atoms with Crippen LogP contribution in [0.5, 0.6) is 0 Å². The van der Waals surface area contributed by atoms with E-state index in [1.807, 2.05) is 25.1 Å². The highest BCUT2D eigenvalue weighted by Crippen LogP contribution is 2.21. The molecule has 0 saturated carbocycles. The molecule has 1 aromatic heterocycles. The SMILES string of the molecule is CC(O)C1CCN(Cc2nc(CCc3ccccc3)no2)C1. The third-order valence-corrected chi connectivity index (χ3v) is 4.34. The lowest BCUT2D eigenvalue weighted by atomic mass is 10.0. The fourth-order valence-electron chi connectivity index (χ4n) is 2.95. The van der Waals surface area contributed by atoms with Gasteiger partial charge < -0.3 is 9.63 Å². The number of likely N-dealkylation sites (tertiary alicyclic amines) is 1. The van der Waals surface area contributed by atoms with E-state index in [2.05, 4.69) is 27.2 Å². The van der Waals surface area contributed by atoms with Gasteiger partial charge in [-0.05, 0) is 37.8 Å². The van der Waals surface area contributed by atoms with Crippen LogP contribution in [0.25, 0.3) is 0 Å². The Morgan fingerprint density at radius 1 is 1.32 bits per heavy atom. The van der Waals surface area contributed by atoms with Gasteiger partial charge in [0.25, 0.3) is 0 Å². The molecular weight excluding hydrogens is 278 g/mol. The van der Waals surface area contributed by atoms with Crippen LogP contribution in [0.1, 0.15) is 30.6 Å². The summed E-state index contributed by atoms with van der Waals surface area (Å²) in [4.78, 5) is 6.75. The second-order valence-corrected chi connectivity index (χ2v) is 6.11. The molecule has 2 heterocycles. The Morgan fingerprint density at radius 3 is 2.86 bits per heavy atom. The number of nitrogens with zero attached hydrogens (tertiary/aromatic N) is 3. The summed E-state index contributed by atoms with van der Waals surface area (Å²) in [5.41, 5.74) is 1.29. The van der Waals surface area contributed by atoms with Crippen molar-refractivity contribution >= 4 is 0 Å². The van der Waals surface area contributed by atoms with Crippen LogP contribution >= 0.6 is 0 Å². The zero-order valence-corrected chi connectivity index (χ0v) is 13.0. The topological polar surface area (TPSA) is 62.4 Å². The molecule has 1 fully saturated rings. The number of benzene rings is 1. The second kappa shape index (κ2) is 7.03. The summed E-state index contributed by atoms with van der Waals surface area (Å²) in [6.45, 7) is 4.43. The Bertz CT molecular complexity index is 583. The number of hydrogen-bond acceptors (Lipinski definition) is 5. The number of aliphatic hydroxyl groups is 1. The molecule has 1 aromatic carbocycles. The predicted octanol–water partition coefficient (Wildman–Crippen LogP) is 2.06. The normalized spacial score (nSPS) is 20.4. The molecule has 1 aliphatic heterocycles. The van der Waals surface area contributed by atoms with Crippen LogP contribution in [-0.4, -0.2) is 39.3 Å². The fourth-order valence-corrected chi connectivity index (χ4v) is 2.95. The van der Waals surface area contributed by atoms with Crippen LogP contribution in [0.2, 0.25) is 0 Å². The highest BCUT2D eigenvalue weighted by Gasteiger charge is 2.27. The first-order chi connectivity index (χ1) is 10.7. The number of rotatable bonds is 6. The summed E-state index contributed by atoms with van der Waals surface area (Å²) in [5, 5.41) is 13.7. The molecule has 0 aliphatic carbocycles. The van der Waals surface area contributed by atoms with Crippen LogP contribution in [0.4, 0.5) is 0 Å². The highest BCUT2D eigenvalue weighted by molar-refractivity contribution is 5.15. The van der Waals surface area contributed by atoms with Crippen LogP contribution in [0, 0.1) is 5.92 Å². The van der Waals surface area contributed by atoms with Crippen molar-refractivity contribution in [3.8, 4) is 0 Å². The first-order valence-electron chi connectivity index (χ1n) is 7.96. The highest BCUT2D eigenvalue weighted by atomic mass is 16.5. The van der Waals surface area contributed by atoms with Crippen molar-refractivity contribution in [1.29, 1.82) is 0 Å². The van der Waals surface area contributed by atoms with Gasteiger partial charge in [-0.15, -0.1) is 0 Å². The van der Waals surface area contributed by atoms with Gasteiger partial charge in [-0.25, -0.2) is 0 Å². The first-order valence-corrected chi connectivity index (χ1v) is 7.96. The smallest absolute Gasteiger partial charge is 0.240 e. The molecule has 1 saturated heterocycles. The van der Waals surface area contributed by atoms with Crippen LogP contribution in [0.15, 0.2) is 34.9 Å². The molecule has 2 aromatic rings. The summed E-state index contributed by atoms with van der Waals surface area (Å²) < 4.78 is 5.35. The molecule has 1 aliphatic rings. The molecule has 0 bridgehead atoms. The van der Waals surface area contributed by atoms with Gasteiger partial charge in [0.05, 0.1) is 12.6 Å². The fraction of sp³-hybridized carbons (Fsp3) is 0.529. The van der Waals surface area contributed by atoms with Crippen molar-refractivity contribution < 1.29 is 9.63 Å². The molecule has 0 radical (unpaired) electrons. The zero-order valence-electron chi connectivity index (χ0n) is 13.0. The van der Waals surface area contributed by atoms with E-state index < -0.39 is 0 Å². The molecule has 0 spiro atoms. The van der Waals surface area contributed by atoms with Crippen molar-refractivity contribution in [2.75, 3.05) is 13.1 Å². The van der Waals surface area contributed by atoms with Crippen molar-refractivity contribution in [2.45, 2.75) is 38.8 Å². The van der Waals surface area contributed by atoms with Crippen LogP contribution in [-0.2, 0) is 19.4 Å². The van der Waals surface area contributed by atoms with Crippen LogP contribution in [0.3, 0.4) is 0 Å². The summed E-state index contributed by atoms with van der Waals surface area (Å²) in [6, 6.07) is 10.3. The van der Waals surface area contributed by atoms with Gasteiger partial charge in [-0.2, -0.15) is 4.98 Å².